The summed E-state index contributed by atoms with van der Waals surface area (Å²) in [5.41, 5.74) is 3.23. The first-order chi connectivity index (χ1) is 9.10. The standard InChI is InChI=1S/C15H16BrNO2/c1-2-11-8-12(16)4-5-13(11)17-9-10-3-6-14(18)15(19)7-10/h3-8,17-19H,2,9H2,1H3. The third-order valence-electron chi connectivity index (χ3n) is 2.97. The third kappa shape index (κ3) is 3.41. The Morgan fingerprint density at radius 1 is 1.05 bits per heavy atom. The molecule has 0 amide bonds. The van der Waals surface area contributed by atoms with Gasteiger partial charge in [-0.05, 0) is 47.9 Å². The molecule has 0 radical (unpaired) electrons. The first-order valence-electron chi connectivity index (χ1n) is 6.13. The van der Waals surface area contributed by atoms with E-state index in [0.717, 1.165) is 22.1 Å². The van der Waals surface area contributed by atoms with Gasteiger partial charge < -0.3 is 15.5 Å². The number of benzene rings is 2. The molecule has 3 N–H and O–H groups in total. The monoisotopic (exact) mass is 321 g/mol. The summed E-state index contributed by atoms with van der Waals surface area (Å²) >= 11 is 3.46. The fraction of sp³-hybridized carbons (Fsp3) is 0.200. The van der Waals surface area contributed by atoms with Crippen molar-refractivity contribution in [3.05, 3.63) is 52.0 Å². The highest BCUT2D eigenvalue weighted by molar-refractivity contribution is 9.10. The lowest BCUT2D eigenvalue weighted by molar-refractivity contribution is 0.403. The summed E-state index contributed by atoms with van der Waals surface area (Å²) in [7, 11) is 0. The molecule has 0 aliphatic heterocycles. The molecule has 0 heterocycles. The zero-order chi connectivity index (χ0) is 13.8. The van der Waals surface area contributed by atoms with Gasteiger partial charge in [-0.3, -0.25) is 0 Å². The molecule has 19 heavy (non-hydrogen) atoms. The molecule has 2 aromatic carbocycles. The molecule has 0 spiro atoms. The minimum atomic E-state index is -0.0957. The lowest BCUT2D eigenvalue weighted by Crippen LogP contribution is -2.02. The van der Waals surface area contributed by atoms with E-state index < -0.39 is 0 Å². The maximum absolute atomic E-state index is 9.45. The first-order valence-corrected chi connectivity index (χ1v) is 6.92. The molecule has 0 bridgehead atoms. The Balaban J connectivity index is 2.12. The van der Waals surface area contributed by atoms with Gasteiger partial charge >= 0.3 is 0 Å². The van der Waals surface area contributed by atoms with Gasteiger partial charge in [-0.2, -0.15) is 0 Å². The van der Waals surface area contributed by atoms with Crippen LogP contribution < -0.4 is 5.32 Å². The molecule has 4 heteroatoms. The van der Waals surface area contributed by atoms with Crippen molar-refractivity contribution in [3.63, 3.8) is 0 Å². The van der Waals surface area contributed by atoms with E-state index in [1.807, 2.05) is 12.1 Å². The average Bonchev–Trinajstić information content (AvgIpc) is 2.41. The minimum absolute atomic E-state index is 0.0918. The summed E-state index contributed by atoms with van der Waals surface area (Å²) in [5, 5.41) is 22.1. The summed E-state index contributed by atoms with van der Waals surface area (Å²) in [4.78, 5) is 0. The predicted molar refractivity (Wildman–Crippen MR) is 80.6 cm³/mol. The molecule has 100 valence electrons. The lowest BCUT2D eigenvalue weighted by atomic mass is 10.1. The number of aromatic hydroxyl groups is 2. The van der Waals surface area contributed by atoms with Gasteiger partial charge in [-0.1, -0.05) is 28.9 Å². The highest BCUT2D eigenvalue weighted by atomic mass is 79.9. The maximum Gasteiger partial charge on any atom is 0.157 e. The van der Waals surface area contributed by atoms with Gasteiger partial charge in [0, 0.05) is 16.7 Å². The van der Waals surface area contributed by atoms with Crippen molar-refractivity contribution in [2.45, 2.75) is 19.9 Å². The van der Waals surface area contributed by atoms with Crippen LogP contribution in [-0.4, -0.2) is 10.2 Å². The van der Waals surface area contributed by atoms with Gasteiger partial charge in [0.1, 0.15) is 0 Å². The van der Waals surface area contributed by atoms with Crippen molar-refractivity contribution >= 4 is 21.6 Å². The van der Waals surface area contributed by atoms with Gasteiger partial charge in [0.15, 0.2) is 11.5 Å². The van der Waals surface area contributed by atoms with Crippen LogP contribution in [0.3, 0.4) is 0 Å². The second kappa shape index (κ2) is 5.97. The van der Waals surface area contributed by atoms with E-state index in [1.54, 1.807) is 12.1 Å². The van der Waals surface area contributed by atoms with Crippen LogP contribution in [0.25, 0.3) is 0 Å². The van der Waals surface area contributed by atoms with Gasteiger partial charge in [0.05, 0.1) is 0 Å². The largest absolute Gasteiger partial charge is 0.504 e. The van der Waals surface area contributed by atoms with Crippen molar-refractivity contribution in [3.8, 4) is 11.5 Å². The van der Waals surface area contributed by atoms with Crippen LogP contribution in [0.5, 0.6) is 11.5 Å². The maximum atomic E-state index is 9.45. The van der Waals surface area contributed by atoms with Crippen LogP contribution in [0.1, 0.15) is 18.1 Å². The molecular weight excluding hydrogens is 306 g/mol. The van der Waals surface area contributed by atoms with Crippen LogP contribution >= 0.6 is 15.9 Å². The van der Waals surface area contributed by atoms with E-state index in [4.69, 9.17) is 0 Å². The zero-order valence-corrected chi connectivity index (χ0v) is 12.2. The van der Waals surface area contributed by atoms with Crippen LogP contribution in [0.2, 0.25) is 0 Å². The summed E-state index contributed by atoms with van der Waals surface area (Å²) in [5.74, 6) is -0.188. The third-order valence-corrected chi connectivity index (χ3v) is 3.46. The van der Waals surface area contributed by atoms with E-state index in [0.29, 0.717) is 6.54 Å². The Bertz CT molecular complexity index is 584. The van der Waals surface area contributed by atoms with E-state index in [2.05, 4.69) is 34.2 Å². The Morgan fingerprint density at radius 3 is 2.53 bits per heavy atom. The Kier molecular flexibility index (Phi) is 4.32. The van der Waals surface area contributed by atoms with Gasteiger partial charge in [0.25, 0.3) is 0 Å². The molecule has 3 nitrogen and oxygen atoms in total. The topological polar surface area (TPSA) is 52.5 Å². The molecule has 2 aromatic rings. The van der Waals surface area contributed by atoms with E-state index >= 15 is 0 Å². The number of anilines is 1. The van der Waals surface area contributed by atoms with Crippen LogP contribution in [0.15, 0.2) is 40.9 Å². The van der Waals surface area contributed by atoms with E-state index in [9.17, 15) is 10.2 Å². The molecule has 0 saturated carbocycles. The number of phenolic OH excluding ortho intramolecular Hbond substituents is 2. The summed E-state index contributed by atoms with van der Waals surface area (Å²) in [6.45, 7) is 2.71. The Labute approximate surface area is 121 Å². The van der Waals surface area contributed by atoms with Gasteiger partial charge in [-0.25, -0.2) is 0 Å². The van der Waals surface area contributed by atoms with Crippen LogP contribution in [0.4, 0.5) is 5.69 Å². The molecule has 0 unspecified atom stereocenters. The summed E-state index contributed by atoms with van der Waals surface area (Å²) < 4.78 is 1.07. The highest BCUT2D eigenvalue weighted by Gasteiger charge is 2.03. The average molecular weight is 322 g/mol. The number of aryl methyl sites for hydroxylation is 1. The predicted octanol–water partition coefficient (Wildman–Crippen LogP) is 4.03. The molecule has 0 aliphatic carbocycles. The number of rotatable bonds is 4. The lowest BCUT2D eigenvalue weighted by Gasteiger charge is -2.12. The fourth-order valence-corrected chi connectivity index (χ4v) is 2.31. The number of hydrogen-bond acceptors (Lipinski definition) is 3. The minimum Gasteiger partial charge on any atom is -0.504 e. The number of halogens is 1. The summed E-state index contributed by atoms with van der Waals surface area (Å²) in [6.07, 6.45) is 0.947. The molecule has 2 rings (SSSR count). The van der Waals surface area contributed by atoms with Gasteiger partial charge in [0.2, 0.25) is 0 Å². The van der Waals surface area contributed by atoms with Crippen molar-refractivity contribution in [2.75, 3.05) is 5.32 Å². The van der Waals surface area contributed by atoms with Crippen molar-refractivity contribution in [2.24, 2.45) is 0 Å². The number of phenols is 2. The number of nitrogens with one attached hydrogen (secondary N) is 1. The molecule has 0 aliphatic rings. The smallest absolute Gasteiger partial charge is 0.157 e. The van der Waals surface area contributed by atoms with Crippen molar-refractivity contribution < 1.29 is 10.2 Å². The molecule has 0 aromatic heterocycles. The SMILES string of the molecule is CCc1cc(Br)ccc1NCc1ccc(O)c(O)c1. The summed E-state index contributed by atoms with van der Waals surface area (Å²) in [6, 6.07) is 11.0. The van der Waals surface area contributed by atoms with Crippen LogP contribution in [-0.2, 0) is 13.0 Å². The second-order valence-corrected chi connectivity index (χ2v) is 5.25. The number of hydrogen-bond donors (Lipinski definition) is 3. The van der Waals surface area contributed by atoms with Crippen molar-refractivity contribution in [1.82, 2.24) is 0 Å². The van der Waals surface area contributed by atoms with Crippen molar-refractivity contribution in [1.29, 1.82) is 0 Å². The first kappa shape index (κ1) is 13.7. The highest BCUT2D eigenvalue weighted by Crippen LogP contribution is 2.26. The molecular formula is C15H16BrNO2. The second-order valence-electron chi connectivity index (χ2n) is 4.33. The van der Waals surface area contributed by atoms with Gasteiger partial charge in [-0.15, -0.1) is 0 Å². The Morgan fingerprint density at radius 2 is 1.84 bits per heavy atom. The molecule has 0 saturated heterocycles. The molecule has 0 fully saturated rings. The van der Waals surface area contributed by atoms with Crippen LogP contribution in [0, 0.1) is 0 Å². The Hall–Kier alpha value is -1.68. The molecule has 0 atom stereocenters. The fourth-order valence-electron chi connectivity index (χ4n) is 1.90. The van der Waals surface area contributed by atoms with E-state index in [1.165, 1.54) is 11.6 Å². The normalized spacial score (nSPS) is 10.4. The quantitative estimate of drug-likeness (QED) is 0.745. The van der Waals surface area contributed by atoms with E-state index in [-0.39, 0.29) is 11.5 Å². The zero-order valence-electron chi connectivity index (χ0n) is 10.7.